The second-order valence-corrected chi connectivity index (χ2v) is 2.85. The van der Waals surface area contributed by atoms with Crippen molar-refractivity contribution in [3.8, 4) is 0 Å². The monoisotopic (exact) mass is 176 g/mol. The summed E-state index contributed by atoms with van der Waals surface area (Å²) >= 11 is 0. The van der Waals surface area contributed by atoms with Crippen molar-refractivity contribution in [2.75, 3.05) is 11.9 Å². The second-order valence-electron chi connectivity index (χ2n) is 2.85. The number of anilines is 1. The molecule has 1 aliphatic rings. The minimum absolute atomic E-state index is 0.613. The summed E-state index contributed by atoms with van der Waals surface area (Å²) in [7, 11) is 0. The molecule has 3 nitrogen and oxygen atoms in total. The normalized spacial score (nSPS) is 17.5. The molecule has 0 saturated carbocycles. The van der Waals surface area contributed by atoms with Crippen LogP contribution in [0, 0.1) is 0 Å². The summed E-state index contributed by atoms with van der Waals surface area (Å²) in [4.78, 5) is 4.17. The summed E-state index contributed by atoms with van der Waals surface area (Å²) < 4.78 is 5.38. The Kier molecular flexibility index (Phi) is 2.17. The standard InChI is InChI=1S/C10H12N2O/c1-2-11-10-12-9-6-4-3-5-8(9)7-13-10/h3-6H,2,7H2,1H3,(H,11,12). The van der Waals surface area contributed by atoms with Gasteiger partial charge in [-0.1, -0.05) is 18.2 Å². The van der Waals surface area contributed by atoms with E-state index >= 15 is 0 Å². The van der Waals surface area contributed by atoms with Crippen LogP contribution in [0.4, 0.5) is 5.69 Å². The van der Waals surface area contributed by atoms with E-state index in [4.69, 9.17) is 4.74 Å². The van der Waals surface area contributed by atoms with Crippen molar-refractivity contribution in [1.29, 1.82) is 0 Å². The highest BCUT2D eigenvalue weighted by Gasteiger charge is 2.12. The molecule has 0 bridgehead atoms. The average molecular weight is 176 g/mol. The Labute approximate surface area is 77.4 Å². The van der Waals surface area contributed by atoms with Gasteiger partial charge in [-0.15, -0.1) is 0 Å². The molecule has 1 aromatic carbocycles. The van der Waals surface area contributed by atoms with Crippen LogP contribution in [0.25, 0.3) is 0 Å². The molecule has 0 saturated heterocycles. The molecule has 1 aromatic rings. The van der Waals surface area contributed by atoms with E-state index in [1.165, 1.54) is 5.56 Å². The van der Waals surface area contributed by atoms with Gasteiger partial charge in [-0.25, -0.2) is 4.99 Å². The summed E-state index contributed by atoms with van der Waals surface area (Å²) in [6, 6.07) is 8.71. The van der Waals surface area contributed by atoms with Crippen molar-refractivity contribution >= 4 is 11.7 Å². The zero-order valence-corrected chi connectivity index (χ0v) is 7.58. The molecule has 1 N–H and O–H groups in total. The van der Waals surface area contributed by atoms with E-state index < -0.39 is 0 Å². The van der Waals surface area contributed by atoms with Gasteiger partial charge in [-0.3, -0.25) is 0 Å². The molecule has 3 heteroatoms. The van der Waals surface area contributed by atoms with Gasteiger partial charge >= 0.3 is 0 Å². The number of fused-ring (bicyclic) bond motifs is 1. The number of hydrogen-bond donors (Lipinski definition) is 1. The Bertz CT molecular complexity index is 333. The molecule has 68 valence electrons. The fraction of sp³-hybridized carbons (Fsp3) is 0.300. The molecular formula is C10H12N2O. The van der Waals surface area contributed by atoms with Gasteiger partial charge in [0.25, 0.3) is 6.02 Å². The van der Waals surface area contributed by atoms with Crippen molar-refractivity contribution in [3.63, 3.8) is 0 Å². The molecule has 0 radical (unpaired) electrons. The van der Waals surface area contributed by atoms with Gasteiger partial charge in [0, 0.05) is 17.8 Å². The zero-order valence-electron chi connectivity index (χ0n) is 7.58. The van der Waals surface area contributed by atoms with Crippen LogP contribution in [0.3, 0.4) is 0 Å². The second kappa shape index (κ2) is 3.47. The molecule has 0 aliphatic carbocycles. The van der Waals surface area contributed by atoms with Gasteiger partial charge in [0.15, 0.2) is 0 Å². The Morgan fingerprint density at radius 2 is 2.31 bits per heavy atom. The lowest BCUT2D eigenvalue weighted by Crippen LogP contribution is -2.22. The highest BCUT2D eigenvalue weighted by atomic mass is 16.5. The highest BCUT2D eigenvalue weighted by Crippen LogP contribution is 2.20. The highest BCUT2D eigenvalue weighted by molar-refractivity contribution is 5.91. The predicted molar refractivity (Wildman–Crippen MR) is 52.8 cm³/mol. The molecule has 0 atom stereocenters. The summed E-state index contributed by atoms with van der Waals surface area (Å²) in [6.45, 7) is 3.34. The van der Waals surface area contributed by atoms with E-state index in [0.717, 1.165) is 12.2 Å². The van der Waals surface area contributed by atoms with Crippen LogP contribution < -0.4 is 5.32 Å². The summed E-state index contributed by atoms with van der Waals surface area (Å²) in [5.41, 5.74) is 2.28. The van der Waals surface area contributed by atoms with Crippen LogP contribution in [-0.2, 0) is 11.3 Å². The third-order valence-electron chi connectivity index (χ3n) is 1.93. The number of para-hydroxylation sites is 1. The first-order valence-corrected chi connectivity index (χ1v) is 4.42. The first-order chi connectivity index (χ1) is 6.40. The number of nitrogens with zero attached hydrogens (tertiary/aromatic N) is 1. The van der Waals surface area contributed by atoms with Gasteiger partial charge in [-0.2, -0.15) is 0 Å². The quantitative estimate of drug-likeness (QED) is 0.710. The minimum atomic E-state index is 0.613. The third kappa shape index (κ3) is 1.64. The van der Waals surface area contributed by atoms with E-state index in [9.17, 15) is 0 Å². The molecule has 0 spiro atoms. The third-order valence-corrected chi connectivity index (χ3v) is 1.93. The maximum Gasteiger partial charge on any atom is 0.289 e. The fourth-order valence-corrected chi connectivity index (χ4v) is 1.29. The number of hydrogen-bond acceptors (Lipinski definition) is 2. The molecule has 0 fully saturated rings. The molecular weight excluding hydrogens is 164 g/mol. The lowest BCUT2D eigenvalue weighted by atomic mass is 10.2. The maximum atomic E-state index is 5.38. The molecule has 1 aliphatic heterocycles. The number of ether oxygens (including phenoxy) is 1. The Balaban J connectivity index is 2.24. The van der Waals surface area contributed by atoms with Crippen molar-refractivity contribution in [1.82, 2.24) is 0 Å². The molecule has 2 rings (SSSR count). The van der Waals surface area contributed by atoms with Crippen LogP contribution in [0.5, 0.6) is 0 Å². The van der Waals surface area contributed by atoms with E-state index in [-0.39, 0.29) is 0 Å². The average Bonchev–Trinajstić information content (AvgIpc) is 2.18. The lowest BCUT2D eigenvalue weighted by molar-refractivity contribution is 0.284. The fourth-order valence-electron chi connectivity index (χ4n) is 1.29. The van der Waals surface area contributed by atoms with Crippen LogP contribution in [0.2, 0.25) is 0 Å². The van der Waals surface area contributed by atoms with E-state index in [2.05, 4.69) is 10.3 Å². The van der Waals surface area contributed by atoms with E-state index in [1.54, 1.807) is 0 Å². The molecule has 13 heavy (non-hydrogen) atoms. The maximum absolute atomic E-state index is 5.38. The van der Waals surface area contributed by atoms with Crippen molar-refractivity contribution < 1.29 is 4.74 Å². The molecule has 0 amide bonds. The molecule has 0 unspecified atom stereocenters. The van der Waals surface area contributed by atoms with Gasteiger partial charge in [0.2, 0.25) is 0 Å². The van der Waals surface area contributed by atoms with E-state index in [1.807, 2.05) is 31.2 Å². The first-order valence-electron chi connectivity index (χ1n) is 4.42. The van der Waals surface area contributed by atoms with Crippen LogP contribution in [-0.4, -0.2) is 12.6 Å². The first kappa shape index (κ1) is 8.10. The van der Waals surface area contributed by atoms with Crippen LogP contribution in [0.15, 0.2) is 29.3 Å². The van der Waals surface area contributed by atoms with Gasteiger partial charge in [0.1, 0.15) is 6.61 Å². The predicted octanol–water partition coefficient (Wildman–Crippen LogP) is 2.00. The van der Waals surface area contributed by atoms with Crippen molar-refractivity contribution in [2.24, 2.45) is 4.99 Å². The zero-order chi connectivity index (χ0) is 9.10. The Morgan fingerprint density at radius 3 is 3.15 bits per heavy atom. The van der Waals surface area contributed by atoms with E-state index in [0.29, 0.717) is 12.6 Å². The largest absolute Gasteiger partial charge is 0.460 e. The molecule has 0 aromatic heterocycles. The number of amidine groups is 1. The van der Waals surface area contributed by atoms with Gasteiger partial charge in [0.05, 0.1) is 0 Å². The molecule has 1 heterocycles. The number of nitrogens with one attached hydrogen (secondary N) is 1. The topological polar surface area (TPSA) is 33.6 Å². The SMILES string of the molecule is CCN=C1Nc2ccccc2CO1. The lowest BCUT2D eigenvalue weighted by Gasteiger charge is -2.19. The van der Waals surface area contributed by atoms with Gasteiger partial charge < -0.3 is 10.1 Å². The number of aliphatic imine (C=N–C) groups is 1. The Hall–Kier alpha value is -1.51. The number of rotatable bonds is 1. The summed E-state index contributed by atoms with van der Waals surface area (Å²) in [5.74, 6) is 0. The minimum Gasteiger partial charge on any atom is -0.460 e. The summed E-state index contributed by atoms with van der Waals surface area (Å²) in [5, 5.41) is 3.13. The van der Waals surface area contributed by atoms with Crippen LogP contribution >= 0.6 is 0 Å². The smallest absolute Gasteiger partial charge is 0.289 e. The van der Waals surface area contributed by atoms with Crippen molar-refractivity contribution in [2.45, 2.75) is 13.5 Å². The van der Waals surface area contributed by atoms with Crippen LogP contribution in [0.1, 0.15) is 12.5 Å². The number of benzene rings is 1. The Morgan fingerprint density at radius 1 is 1.46 bits per heavy atom. The summed E-state index contributed by atoms with van der Waals surface area (Å²) in [6.07, 6.45) is 0. The van der Waals surface area contributed by atoms with Crippen molar-refractivity contribution in [3.05, 3.63) is 29.8 Å². The van der Waals surface area contributed by atoms with Gasteiger partial charge in [-0.05, 0) is 13.0 Å².